The molecule has 0 radical (unpaired) electrons. The number of nitrogens with zero attached hydrogens (tertiary/aromatic N) is 1. The third-order valence-corrected chi connectivity index (χ3v) is 5.75. The van der Waals surface area contributed by atoms with Gasteiger partial charge in [0, 0.05) is 42.4 Å². The lowest BCUT2D eigenvalue weighted by molar-refractivity contribution is -0.145. The highest BCUT2D eigenvalue weighted by Gasteiger charge is 2.27. The predicted octanol–water partition coefficient (Wildman–Crippen LogP) is 2.51. The molecular weight excluding hydrogens is 394 g/mol. The van der Waals surface area contributed by atoms with Crippen LogP contribution in [0.15, 0.2) is 42.6 Å². The van der Waals surface area contributed by atoms with E-state index in [2.05, 4.69) is 9.88 Å². The highest BCUT2D eigenvalue weighted by molar-refractivity contribution is 5.93. The van der Waals surface area contributed by atoms with E-state index in [-0.39, 0.29) is 24.5 Å². The van der Waals surface area contributed by atoms with E-state index in [9.17, 15) is 14.4 Å². The molecule has 1 aromatic heterocycles. The number of carbonyl (C=O) groups excluding carboxylic acids is 3. The molecule has 0 aliphatic carbocycles. The number of hydrogen-bond acceptors (Lipinski definition) is 5. The van der Waals surface area contributed by atoms with Gasteiger partial charge in [0.25, 0.3) is 0 Å². The van der Waals surface area contributed by atoms with Gasteiger partial charge in [0.05, 0.1) is 7.11 Å². The number of allylic oxidation sites excluding steroid dienone is 1. The number of nitrogens with two attached hydrogens (primary N) is 1. The Kier molecular flexibility index (Phi) is 8.00. The number of fused-ring (bicyclic) bond motifs is 5. The summed E-state index contributed by atoms with van der Waals surface area (Å²) in [5.74, 6) is -1.26. The van der Waals surface area contributed by atoms with Crippen molar-refractivity contribution >= 4 is 28.6 Å². The van der Waals surface area contributed by atoms with Gasteiger partial charge >= 0.3 is 5.97 Å². The number of unbranched alkanes of at least 4 members (excludes halogenated alkanes) is 1. The molecule has 2 heterocycles. The number of aromatic nitrogens is 1. The maximum Gasteiger partial charge on any atom is 0.328 e. The Balaban J connectivity index is 1.92. The zero-order valence-corrected chi connectivity index (χ0v) is 18.0. The molecule has 166 valence electrons. The van der Waals surface area contributed by atoms with Crippen molar-refractivity contribution < 1.29 is 19.1 Å². The van der Waals surface area contributed by atoms with Crippen molar-refractivity contribution in [1.29, 1.82) is 0 Å². The van der Waals surface area contributed by atoms with Crippen molar-refractivity contribution in [3.8, 4) is 0 Å². The van der Waals surface area contributed by atoms with Crippen LogP contribution in [-0.4, -0.2) is 41.9 Å². The number of methoxy groups -OCH3 is 1. The lowest BCUT2D eigenvalue weighted by Crippen LogP contribution is -2.44. The third kappa shape index (κ3) is 5.82. The molecule has 0 fully saturated rings. The van der Waals surface area contributed by atoms with Gasteiger partial charge in [-0.25, -0.2) is 4.79 Å². The summed E-state index contributed by atoms with van der Waals surface area (Å²) in [7, 11) is 1.30. The van der Waals surface area contributed by atoms with Gasteiger partial charge in [0.1, 0.15) is 11.8 Å². The average molecular weight is 426 g/mol. The Morgan fingerprint density at radius 2 is 2.03 bits per heavy atom. The van der Waals surface area contributed by atoms with Gasteiger partial charge in [-0.2, -0.15) is 0 Å². The standard InChI is InChI=1S/C24H31N3O4/c1-31-24(30)21-10-5-7-13-27-16-18(20-9-2-3-11-22(20)27)15-19(28)14-17(23(29)26-21)8-4-6-12-25/h2-3,5,7,9,11,16-17,21H,4,6,8,10,12-15,25H2,1H3,(H,26,29)/t17-,21-/m1/s1. The van der Waals surface area contributed by atoms with Gasteiger partial charge in [0.15, 0.2) is 0 Å². The number of nitrogens with one attached hydrogen (secondary N) is 1. The fourth-order valence-electron chi connectivity index (χ4n) is 4.10. The molecule has 1 aliphatic heterocycles. The van der Waals surface area contributed by atoms with E-state index in [4.69, 9.17) is 10.5 Å². The van der Waals surface area contributed by atoms with Crippen molar-refractivity contribution in [2.75, 3.05) is 13.7 Å². The fraction of sp³-hybridized carbons (Fsp3) is 0.458. The van der Waals surface area contributed by atoms with Crippen LogP contribution in [-0.2, 0) is 32.1 Å². The minimum Gasteiger partial charge on any atom is -0.467 e. The predicted molar refractivity (Wildman–Crippen MR) is 119 cm³/mol. The lowest BCUT2D eigenvalue weighted by atomic mass is 9.92. The third-order valence-electron chi connectivity index (χ3n) is 5.75. The molecule has 2 aromatic rings. The van der Waals surface area contributed by atoms with Crippen LogP contribution in [0.2, 0.25) is 0 Å². The molecule has 7 heteroatoms. The molecule has 1 aliphatic rings. The van der Waals surface area contributed by atoms with Crippen LogP contribution in [0.3, 0.4) is 0 Å². The molecule has 1 aromatic carbocycles. The second-order valence-electron chi connectivity index (χ2n) is 8.02. The van der Waals surface area contributed by atoms with Gasteiger partial charge in [-0.15, -0.1) is 0 Å². The normalized spacial score (nSPS) is 20.3. The number of carbonyl (C=O) groups is 3. The van der Waals surface area contributed by atoms with Gasteiger partial charge in [-0.3, -0.25) is 9.59 Å². The van der Waals surface area contributed by atoms with Crippen molar-refractivity contribution in [2.45, 2.75) is 51.1 Å². The highest BCUT2D eigenvalue weighted by Crippen LogP contribution is 2.24. The van der Waals surface area contributed by atoms with Crippen LogP contribution in [0.25, 0.3) is 10.9 Å². The molecule has 3 rings (SSSR count). The summed E-state index contributed by atoms with van der Waals surface area (Å²) in [4.78, 5) is 38.1. The van der Waals surface area contributed by atoms with Gasteiger partial charge < -0.3 is 20.4 Å². The quantitative estimate of drug-likeness (QED) is 0.435. The number of Topliss-reactive ketones (excluding diaryl/α,β-unsaturated/α-hetero) is 1. The molecule has 2 bridgehead atoms. The molecule has 3 N–H and O–H groups in total. The van der Waals surface area contributed by atoms with Crippen LogP contribution in [0, 0.1) is 5.92 Å². The van der Waals surface area contributed by atoms with Crippen molar-refractivity contribution in [3.63, 3.8) is 0 Å². The zero-order chi connectivity index (χ0) is 22.2. The summed E-state index contributed by atoms with van der Waals surface area (Å²) in [5, 5.41) is 3.85. The molecule has 0 spiro atoms. The number of hydrogen-bond donors (Lipinski definition) is 2. The monoisotopic (exact) mass is 425 g/mol. The number of ether oxygens (including phenoxy) is 1. The second-order valence-corrected chi connectivity index (χ2v) is 8.02. The Morgan fingerprint density at radius 3 is 2.81 bits per heavy atom. The number of esters is 1. The number of amides is 1. The van der Waals surface area contributed by atoms with Crippen molar-refractivity contribution in [2.24, 2.45) is 11.7 Å². The molecule has 7 nitrogen and oxygen atoms in total. The topological polar surface area (TPSA) is 103 Å². The van der Waals surface area contributed by atoms with Crippen LogP contribution >= 0.6 is 0 Å². The first-order valence-corrected chi connectivity index (χ1v) is 10.8. The minimum atomic E-state index is -0.777. The molecule has 31 heavy (non-hydrogen) atoms. The van der Waals surface area contributed by atoms with E-state index in [1.54, 1.807) is 0 Å². The smallest absolute Gasteiger partial charge is 0.328 e. The molecule has 0 unspecified atom stereocenters. The first-order valence-electron chi connectivity index (χ1n) is 10.8. The first-order chi connectivity index (χ1) is 15.0. The Labute approximate surface area is 182 Å². The first kappa shape index (κ1) is 22.7. The molecule has 0 saturated heterocycles. The Hall–Kier alpha value is -2.93. The summed E-state index contributed by atoms with van der Waals surface area (Å²) < 4.78 is 6.97. The SMILES string of the molecule is COC(=O)[C@H]1CC=CCn2cc(c3ccccc32)CC(=O)C[C@@H](CCCCN)C(=O)N1. The van der Waals surface area contributed by atoms with Gasteiger partial charge in [0.2, 0.25) is 5.91 Å². The van der Waals surface area contributed by atoms with E-state index in [1.165, 1.54) is 7.11 Å². The second kappa shape index (κ2) is 10.9. The number of benzene rings is 1. The molecule has 0 saturated carbocycles. The summed E-state index contributed by atoms with van der Waals surface area (Å²) in [6, 6.07) is 7.23. The fourth-order valence-corrected chi connectivity index (χ4v) is 4.10. The lowest BCUT2D eigenvalue weighted by Gasteiger charge is -2.20. The van der Waals surface area contributed by atoms with E-state index < -0.39 is 17.9 Å². The number of rotatable bonds is 5. The van der Waals surface area contributed by atoms with E-state index >= 15 is 0 Å². The average Bonchev–Trinajstić information content (AvgIpc) is 3.11. The zero-order valence-electron chi connectivity index (χ0n) is 18.0. The van der Waals surface area contributed by atoms with Gasteiger partial charge in [-0.1, -0.05) is 36.8 Å². The van der Waals surface area contributed by atoms with Crippen LogP contribution in [0.5, 0.6) is 0 Å². The van der Waals surface area contributed by atoms with Gasteiger partial charge in [-0.05, 0) is 37.4 Å². The molecular formula is C24H31N3O4. The van der Waals surface area contributed by atoms with Crippen LogP contribution in [0.1, 0.15) is 37.7 Å². The van der Waals surface area contributed by atoms with Crippen LogP contribution in [0.4, 0.5) is 0 Å². The maximum absolute atomic E-state index is 13.0. The van der Waals surface area contributed by atoms with Crippen molar-refractivity contribution in [1.82, 2.24) is 9.88 Å². The largest absolute Gasteiger partial charge is 0.467 e. The number of para-hydroxylation sites is 1. The highest BCUT2D eigenvalue weighted by atomic mass is 16.5. The number of ketones is 1. The molecule has 2 atom stereocenters. The Bertz CT molecular complexity index is 963. The van der Waals surface area contributed by atoms with Crippen molar-refractivity contribution in [3.05, 3.63) is 48.2 Å². The summed E-state index contributed by atoms with van der Waals surface area (Å²) in [5.41, 5.74) is 7.63. The summed E-state index contributed by atoms with van der Waals surface area (Å²) >= 11 is 0. The summed E-state index contributed by atoms with van der Waals surface area (Å²) in [6.45, 7) is 1.15. The van der Waals surface area contributed by atoms with E-state index in [1.807, 2.05) is 42.6 Å². The molecule has 1 amide bonds. The minimum absolute atomic E-state index is 0.0121. The summed E-state index contributed by atoms with van der Waals surface area (Å²) in [6.07, 6.45) is 8.70. The van der Waals surface area contributed by atoms with E-state index in [0.717, 1.165) is 29.3 Å². The van der Waals surface area contributed by atoms with E-state index in [0.29, 0.717) is 25.9 Å². The Morgan fingerprint density at radius 1 is 1.23 bits per heavy atom. The maximum atomic E-state index is 13.0. The van der Waals surface area contributed by atoms with Crippen LogP contribution < -0.4 is 11.1 Å².